The van der Waals surface area contributed by atoms with Gasteiger partial charge < -0.3 is 30.7 Å². The summed E-state index contributed by atoms with van der Waals surface area (Å²) in [5, 5.41) is 22.8. The van der Waals surface area contributed by atoms with Crippen LogP contribution in [0.1, 0.15) is 113 Å². The zero-order valence-electron chi connectivity index (χ0n) is 34.2. The number of hydrogen-bond donors (Lipinski definition) is 4. The molecule has 4 N–H and O–H groups in total. The first-order valence-corrected chi connectivity index (χ1v) is 20.6. The maximum atomic E-state index is 6.05. The lowest BCUT2D eigenvalue weighted by Gasteiger charge is -2.22. The molecule has 0 saturated carbocycles. The van der Waals surface area contributed by atoms with Crippen molar-refractivity contribution in [1.29, 1.82) is 0 Å². The van der Waals surface area contributed by atoms with E-state index in [1.54, 1.807) is 9.03 Å². The molecule has 4 aromatic heterocycles. The minimum Gasteiger partial charge on any atom is -0.463 e. The molecule has 2 aliphatic heterocycles. The third kappa shape index (κ3) is 9.98. The van der Waals surface area contributed by atoms with Crippen molar-refractivity contribution in [2.75, 3.05) is 43.4 Å². The normalized spacial score (nSPS) is 17.1. The molecule has 2 aromatic carbocycles. The first kappa shape index (κ1) is 39.9. The summed E-state index contributed by atoms with van der Waals surface area (Å²) < 4.78 is 15.6. The summed E-state index contributed by atoms with van der Waals surface area (Å²) in [7, 11) is 0. The van der Waals surface area contributed by atoms with E-state index in [0.717, 1.165) is 61.4 Å². The molecule has 2 saturated heterocycles. The summed E-state index contributed by atoms with van der Waals surface area (Å²) in [5.74, 6) is 2.65. The number of nitrogens with zero attached hydrogens (tertiary/aromatic N) is 8. The Balaban J connectivity index is 0.000000175. The summed E-state index contributed by atoms with van der Waals surface area (Å²) in [6, 6.07) is 21.6. The number of fused-ring (bicyclic) bond motifs is 2. The molecule has 14 nitrogen and oxygen atoms in total. The SMILES string of the molecule is CC(C)c1cnn2c(N[C@@H](C)c3ccccc3)nc(OCCC3CCNCC3)nc12.CC(C)c1cnn2c(N[C@@H](C)c3ccccc3)nc(O[C@H]3CCNC3)nc12. The number of piperidine rings is 1. The van der Waals surface area contributed by atoms with Crippen molar-refractivity contribution >= 4 is 23.2 Å². The minimum atomic E-state index is 0.0806. The molecule has 0 spiro atoms. The van der Waals surface area contributed by atoms with E-state index in [0.29, 0.717) is 48.3 Å². The Morgan fingerprint density at radius 3 is 1.67 bits per heavy atom. The van der Waals surface area contributed by atoms with E-state index >= 15 is 0 Å². The second kappa shape index (κ2) is 18.7. The fourth-order valence-corrected chi connectivity index (χ4v) is 7.27. The van der Waals surface area contributed by atoms with Gasteiger partial charge in [0.2, 0.25) is 11.9 Å². The quantitative estimate of drug-likeness (QED) is 0.0876. The van der Waals surface area contributed by atoms with E-state index in [2.05, 4.69) is 112 Å². The van der Waals surface area contributed by atoms with Crippen LogP contribution in [-0.2, 0) is 0 Å². The topological polar surface area (TPSA) is 153 Å². The molecule has 0 amide bonds. The van der Waals surface area contributed by atoms with Gasteiger partial charge in [0.15, 0.2) is 11.3 Å². The summed E-state index contributed by atoms with van der Waals surface area (Å²) in [6.07, 6.45) is 8.29. The van der Waals surface area contributed by atoms with Gasteiger partial charge in [-0.3, -0.25) is 0 Å². The Bertz CT molecular complexity index is 2160. The second-order valence-corrected chi connectivity index (χ2v) is 15.8. The van der Waals surface area contributed by atoms with Crippen LogP contribution in [0.3, 0.4) is 0 Å². The molecule has 57 heavy (non-hydrogen) atoms. The van der Waals surface area contributed by atoms with Gasteiger partial charge >= 0.3 is 12.0 Å². The summed E-state index contributed by atoms with van der Waals surface area (Å²) >= 11 is 0. The molecular weight excluding hydrogens is 717 g/mol. The van der Waals surface area contributed by atoms with Crippen LogP contribution >= 0.6 is 0 Å². The van der Waals surface area contributed by atoms with E-state index in [9.17, 15) is 0 Å². The highest BCUT2D eigenvalue weighted by atomic mass is 16.5. The van der Waals surface area contributed by atoms with Crippen molar-refractivity contribution in [3.63, 3.8) is 0 Å². The highest BCUT2D eigenvalue weighted by molar-refractivity contribution is 5.54. The number of rotatable bonds is 14. The average Bonchev–Trinajstić information content (AvgIpc) is 4.00. The van der Waals surface area contributed by atoms with Crippen molar-refractivity contribution in [3.8, 4) is 12.0 Å². The second-order valence-electron chi connectivity index (χ2n) is 15.8. The lowest BCUT2D eigenvalue weighted by Crippen LogP contribution is -2.28. The number of ether oxygens (including phenoxy) is 2. The number of benzene rings is 2. The van der Waals surface area contributed by atoms with Crippen LogP contribution in [0.15, 0.2) is 73.1 Å². The molecule has 0 bridgehead atoms. The number of anilines is 2. The zero-order valence-corrected chi connectivity index (χ0v) is 34.2. The molecule has 302 valence electrons. The van der Waals surface area contributed by atoms with Crippen LogP contribution in [0.25, 0.3) is 11.3 Å². The largest absolute Gasteiger partial charge is 0.463 e. The molecule has 2 aliphatic rings. The van der Waals surface area contributed by atoms with Crippen molar-refractivity contribution < 1.29 is 9.47 Å². The highest BCUT2D eigenvalue weighted by Crippen LogP contribution is 2.27. The maximum Gasteiger partial charge on any atom is 0.322 e. The van der Waals surface area contributed by atoms with Crippen molar-refractivity contribution in [2.24, 2.45) is 5.92 Å². The van der Waals surface area contributed by atoms with Crippen molar-refractivity contribution in [1.82, 2.24) is 49.8 Å². The Kier molecular flexibility index (Phi) is 13.1. The van der Waals surface area contributed by atoms with Crippen LogP contribution in [0.2, 0.25) is 0 Å². The van der Waals surface area contributed by atoms with Crippen LogP contribution in [0, 0.1) is 5.92 Å². The van der Waals surface area contributed by atoms with Gasteiger partial charge in [-0.05, 0) is 88.0 Å². The van der Waals surface area contributed by atoms with Crippen LogP contribution in [0.5, 0.6) is 12.0 Å². The molecule has 14 heteroatoms. The number of aromatic nitrogens is 8. The lowest BCUT2D eigenvalue weighted by molar-refractivity contribution is 0.204. The van der Waals surface area contributed by atoms with E-state index < -0.39 is 0 Å². The zero-order chi connectivity index (χ0) is 39.7. The van der Waals surface area contributed by atoms with E-state index in [4.69, 9.17) is 14.5 Å². The monoisotopic (exact) mass is 774 g/mol. The van der Waals surface area contributed by atoms with Crippen LogP contribution in [-0.4, -0.2) is 78.1 Å². The average molecular weight is 775 g/mol. The van der Waals surface area contributed by atoms with Gasteiger partial charge in [-0.2, -0.15) is 39.2 Å². The predicted molar refractivity (Wildman–Crippen MR) is 224 cm³/mol. The molecular formula is C43H58N12O2. The van der Waals surface area contributed by atoms with Gasteiger partial charge in [-0.15, -0.1) is 0 Å². The molecule has 3 atom stereocenters. The first-order valence-electron chi connectivity index (χ1n) is 20.6. The Labute approximate surface area is 335 Å². The Morgan fingerprint density at radius 2 is 1.16 bits per heavy atom. The molecule has 0 radical (unpaired) electrons. The fraction of sp³-hybridized carbons (Fsp3) is 0.488. The van der Waals surface area contributed by atoms with Crippen molar-refractivity contribution in [2.45, 2.75) is 97.2 Å². The van der Waals surface area contributed by atoms with Gasteiger partial charge in [-0.1, -0.05) is 88.4 Å². The van der Waals surface area contributed by atoms with Gasteiger partial charge in [0.25, 0.3) is 0 Å². The Hall–Kier alpha value is -5.34. The van der Waals surface area contributed by atoms with Gasteiger partial charge in [0.1, 0.15) is 6.10 Å². The predicted octanol–water partition coefficient (Wildman–Crippen LogP) is 7.35. The van der Waals surface area contributed by atoms with Gasteiger partial charge in [0.05, 0.1) is 31.1 Å². The summed E-state index contributed by atoms with van der Waals surface area (Å²) in [4.78, 5) is 18.7. The number of hydrogen-bond acceptors (Lipinski definition) is 12. The highest BCUT2D eigenvalue weighted by Gasteiger charge is 2.22. The lowest BCUT2D eigenvalue weighted by atomic mass is 9.95. The minimum absolute atomic E-state index is 0.0806. The molecule has 8 rings (SSSR count). The van der Waals surface area contributed by atoms with E-state index in [1.807, 2.05) is 48.8 Å². The molecule has 0 unspecified atom stereocenters. The maximum absolute atomic E-state index is 6.05. The van der Waals surface area contributed by atoms with Crippen molar-refractivity contribution in [3.05, 3.63) is 95.3 Å². The van der Waals surface area contributed by atoms with Gasteiger partial charge in [-0.25, -0.2) is 0 Å². The summed E-state index contributed by atoms with van der Waals surface area (Å²) in [6.45, 7) is 17.4. The van der Waals surface area contributed by atoms with Crippen LogP contribution in [0.4, 0.5) is 11.9 Å². The first-order chi connectivity index (χ1) is 27.7. The molecule has 6 aromatic rings. The Morgan fingerprint density at radius 1 is 0.649 bits per heavy atom. The third-order valence-corrected chi connectivity index (χ3v) is 10.8. The van der Waals surface area contributed by atoms with E-state index in [-0.39, 0.29) is 18.2 Å². The summed E-state index contributed by atoms with van der Waals surface area (Å²) in [5.41, 5.74) is 6.15. The standard InChI is InChI=1S/C23H32N6O.C20H26N6O/c1-16(2)20-15-25-29-21(20)27-23(30-14-11-18-9-12-24-13-10-18)28-22(29)26-17(3)19-7-5-4-6-8-19;1-13(2)17-12-22-26-18(17)24-20(27-16-9-10-21-11-16)25-19(26)23-14(3)15-7-5-4-6-8-15/h4-8,15-18,24H,9-14H2,1-3H3,(H,26,27,28);4-8,12-14,16,21H,9-11H2,1-3H3,(H,23,24,25)/t17-;14-,16-/m00/s1. The van der Waals surface area contributed by atoms with Crippen LogP contribution < -0.4 is 30.7 Å². The smallest absolute Gasteiger partial charge is 0.322 e. The molecule has 2 fully saturated rings. The fourth-order valence-electron chi connectivity index (χ4n) is 7.27. The molecule has 0 aliphatic carbocycles. The number of nitrogens with one attached hydrogen (secondary N) is 4. The van der Waals surface area contributed by atoms with Gasteiger partial charge in [0, 0.05) is 17.7 Å². The molecule has 6 heterocycles. The third-order valence-electron chi connectivity index (χ3n) is 10.8. The van der Waals surface area contributed by atoms with E-state index in [1.165, 1.54) is 24.0 Å².